The van der Waals surface area contributed by atoms with E-state index in [2.05, 4.69) is 0 Å². The zero-order valence-corrected chi connectivity index (χ0v) is 17.2. The van der Waals surface area contributed by atoms with Crippen molar-refractivity contribution in [2.24, 2.45) is 0 Å². The van der Waals surface area contributed by atoms with Crippen LogP contribution >= 0.6 is 11.6 Å². The summed E-state index contributed by atoms with van der Waals surface area (Å²) in [7, 11) is -3.85. The van der Waals surface area contributed by atoms with E-state index < -0.39 is 39.1 Å². The highest BCUT2D eigenvalue weighted by molar-refractivity contribution is 7.89. The highest BCUT2D eigenvalue weighted by Gasteiger charge is 2.33. The Kier molecular flexibility index (Phi) is 6.01. The topological polar surface area (TPSA) is 66.5 Å². The summed E-state index contributed by atoms with van der Waals surface area (Å²) in [5.41, 5.74) is -0.633. The number of carbonyl (C=O) groups is 1. The third-order valence-electron chi connectivity index (χ3n) is 4.80. The van der Waals surface area contributed by atoms with Crippen molar-refractivity contribution in [3.05, 3.63) is 63.9 Å². The van der Waals surface area contributed by atoms with Crippen LogP contribution in [0.2, 0.25) is 5.02 Å². The first-order chi connectivity index (χ1) is 13.9. The summed E-state index contributed by atoms with van der Waals surface area (Å²) < 4.78 is 77.6. The maximum absolute atomic E-state index is 14.9. The zero-order valence-electron chi connectivity index (χ0n) is 15.6. The van der Waals surface area contributed by atoms with Crippen LogP contribution in [0.3, 0.4) is 0 Å². The molecule has 2 aromatic carbocycles. The molecule has 2 aromatic rings. The van der Waals surface area contributed by atoms with Gasteiger partial charge in [0.15, 0.2) is 0 Å². The second kappa shape index (κ2) is 8.07. The molecule has 1 amide bonds. The van der Waals surface area contributed by atoms with Gasteiger partial charge in [0.2, 0.25) is 10.0 Å². The fraction of sp³-hybridized carbons (Fsp3) is 0.316. The molecule has 1 aliphatic heterocycles. The summed E-state index contributed by atoms with van der Waals surface area (Å²) in [6, 6.07) is 7.18. The van der Waals surface area contributed by atoms with Gasteiger partial charge in [0.1, 0.15) is 5.82 Å². The number of hydrogen-bond acceptors (Lipinski definition) is 4. The van der Waals surface area contributed by atoms with Gasteiger partial charge in [0.05, 0.1) is 28.1 Å². The van der Waals surface area contributed by atoms with Gasteiger partial charge in [-0.15, -0.1) is 0 Å². The Morgan fingerprint density at radius 3 is 2.53 bits per heavy atom. The molecule has 1 atom stereocenters. The van der Waals surface area contributed by atoms with Gasteiger partial charge in [-0.2, -0.15) is 13.2 Å². The number of benzene rings is 2. The summed E-state index contributed by atoms with van der Waals surface area (Å²) >= 11 is 6.04. The number of rotatable bonds is 4. The van der Waals surface area contributed by atoms with E-state index in [0.29, 0.717) is 18.7 Å². The minimum absolute atomic E-state index is 0.0628. The van der Waals surface area contributed by atoms with Crippen LogP contribution in [0, 0.1) is 5.82 Å². The molecule has 1 N–H and O–H groups in total. The summed E-state index contributed by atoms with van der Waals surface area (Å²) in [6.45, 7) is 0.702. The van der Waals surface area contributed by atoms with Crippen LogP contribution in [0.4, 0.5) is 23.2 Å². The van der Waals surface area contributed by atoms with Gasteiger partial charge in [0.25, 0.3) is 5.91 Å². The SMILES string of the molecule is CS(=O)(=O)NC(=O)c1cccc(C2CCN(c3ccc(C(F)(F)F)cc3Cl)C2)c1F. The number of nitrogens with zero attached hydrogens (tertiary/aromatic N) is 1. The Balaban J connectivity index is 1.82. The quantitative estimate of drug-likeness (QED) is 0.689. The lowest BCUT2D eigenvalue weighted by Crippen LogP contribution is -2.30. The van der Waals surface area contributed by atoms with E-state index in [1.807, 2.05) is 0 Å². The number of carbonyl (C=O) groups excluding carboxylic acids is 1. The predicted molar refractivity (Wildman–Crippen MR) is 105 cm³/mol. The Bertz CT molecular complexity index is 1090. The van der Waals surface area contributed by atoms with E-state index in [4.69, 9.17) is 11.6 Å². The molecule has 30 heavy (non-hydrogen) atoms. The Hall–Kier alpha value is -2.33. The molecule has 5 nitrogen and oxygen atoms in total. The second-order valence-corrected chi connectivity index (χ2v) is 9.16. The van der Waals surface area contributed by atoms with Crippen LogP contribution in [-0.2, 0) is 16.2 Å². The minimum Gasteiger partial charge on any atom is -0.370 e. The summed E-state index contributed by atoms with van der Waals surface area (Å²) in [5, 5.41) is -0.0628. The van der Waals surface area contributed by atoms with Crippen molar-refractivity contribution in [3.63, 3.8) is 0 Å². The van der Waals surface area contributed by atoms with Crippen molar-refractivity contribution in [2.75, 3.05) is 24.2 Å². The van der Waals surface area contributed by atoms with Crippen molar-refractivity contribution in [2.45, 2.75) is 18.5 Å². The van der Waals surface area contributed by atoms with Crippen molar-refractivity contribution in [3.8, 4) is 0 Å². The molecule has 0 aliphatic carbocycles. The molecule has 1 heterocycles. The van der Waals surface area contributed by atoms with Crippen LogP contribution < -0.4 is 9.62 Å². The lowest BCUT2D eigenvalue weighted by molar-refractivity contribution is -0.137. The first-order valence-electron chi connectivity index (χ1n) is 8.79. The van der Waals surface area contributed by atoms with Crippen LogP contribution in [0.5, 0.6) is 0 Å². The summed E-state index contributed by atoms with van der Waals surface area (Å²) in [4.78, 5) is 13.8. The van der Waals surface area contributed by atoms with Gasteiger partial charge >= 0.3 is 6.18 Å². The first kappa shape index (κ1) is 22.4. The van der Waals surface area contributed by atoms with Crippen LogP contribution in [-0.4, -0.2) is 33.7 Å². The highest BCUT2D eigenvalue weighted by Crippen LogP contribution is 2.39. The third kappa shape index (κ3) is 4.86. The van der Waals surface area contributed by atoms with Crippen molar-refractivity contribution in [1.82, 2.24) is 4.72 Å². The molecular formula is C19H17ClF4N2O3S. The third-order valence-corrected chi connectivity index (χ3v) is 5.65. The van der Waals surface area contributed by atoms with E-state index in [9.17, 15) is 30.8 Å². The Morgan fingerprint density at radius 1 is 1.23 bits per heavy atom. The Labute approximate surface area is 175 Å². The fourth-order valence-electron chi connectivity index (χ4n) is 3.44. The molecule has 0 aromatic heterocycles. The van der Waals surface area contributed by atoms with Crippen molar-refractivity contribution < 1.29 is 30.8 Å². The van der Waals surface area contributed by atoms with Gasteiger partial charge in [-0.25, -0.2) is 17.5 Å². The van der Waals surface area contributed by atoms with Gasteiger partial charge in [-0.1, -0.05) is 23.7 Å². The average molecular weight is 465 g/mol. The molecule has 1 fully saturated rings. The molecule has 1 aliphatic rings. The number of hydrogen-bond donors (Lipinski definition) is 1. The summed E-state index contributed by atoms with van der Waals surface area (Å²) in [6.07, 6.45) is -3.24. The first-order valence-corrected chi connectivity index (χ1v) is 11.1. The van der Waals surface area contributed by atoms with Gasteiger partial charge in [-0.3, -0.25) is 4.79 Å². The molecule has 1 unspecified atom stereocenters. The van der Waals surface area contributed by atoms with E-state index in [0.717, 1.165) is 18.4 Å². The van der Waals surface area contributed by atoms with Gasteiger partial charge in [0, 0.05) is 19.0 Å². The molecule has 0 saturated carbocycles. The van der Waals surface area contributed by atoms with Crippen molar-refractivity contribution >= 4 is 33.2 Å². The minimum atomic E-state index is -4.51. The van der Waals surface area contributed by atoms with Gasteiger partial charge < -0.3 is 4.90 Å². The largest absolute Gasteiger partial charge is 0.416 e. The number of halogens is 5. The molecule has 0 bridgehead atoms. The van der Waals surface area contributed by atoms with Crippen LogP contribution in [0.15, 0.2) is 36.4 Å². The van der Waals surface area contributed by atoms with E-state index >= 15 is 0 Å². The predicted octanol–water partition coefficient (Wildman–Crippen LogP) is 4.18. The molecule has 1 saturated heterocycles. The molecule has 11 heteroatoms. The lowest BCUT2D eigenvalue weighted by atomic mass is 9.95. The smallest absolute Gasteiger partial charge is 0.370 e. The van der Waals surface area contributed by atoms with Gasteiger partial charge in [-0.05, 0) is 36.2 Å². The molecule has 0 radical (unpaired) electrons. The maximum Gasteiger partial charge on any atom is 0.416 e. The van der Waals surface area contributed by atoms with Crippen molar-refractivity contribution in [1.29, 1.82) is 0 Å². The molecule has 3 rings (SSSR count). The number of sulfonamides is 1. The monoisotopic (exact) mass is 464 g/mol. The highest BCUT2D eigenvalue weighted by atomic mass is 35.5. The number of nitrogens with one attached hydrogen (secondary N) is 1. The number of anilines is 1. The maximum atomic E-state index is 14.9. The van der Waals surface area contributed by atoms with Crippen LogP contribution in [0.25, 0.3) is 0 Å². The number of alkyl halides is 3. The van der Waals surface area contributed by atoms with E-state index in [1.54, 1.807) is 9.62 Å². The molecule has 0 spiro atoms. The summed E-state index contributed by atoms with van der Waals surface area (Å²) in [5.74, 6) is -2.25. The molecule has 162 valence electrons. The average Bonchev–Trinajstić information content (AvgIpc) is 3.09. The lowest BCUT2D eigenvalue weighted by Gasteiger charge is -2.21. The number of amides is 1. The standard InChI is InChI=1S/C19H17ClF4N2O3S/c1-30(28,29)25-18(27)14-4-2-3-13(17(14)21)11-7-8-26(10-11)16-6-5-12(9-15(16)20)19(22,23)24/h2-6,9,11H,7-8,10H2,1H3,(H,25,27). The molecular weight excluding hydrogens is 448 g/mol. The second-order valence-electron chi connectivity index (χ2n) is 7.01. The normalized spacial score (nSPS) is 17.3. The Morgan fingerprint density at radius 2 is 1.93 bits per heavy atom. The fourth-order valence-corrected chi connectivity index (χ4v) is 4.18. The van der Waals surface area contributed by atoms with Crippen LogP contribution in [0.1, 0.15) is 33.8 Å². The van der Waals surface area contributed by atoms with E-state index in [-0.39, 0.29) is 23.0 Å². The zero-order chi connectivity index (χ0) is 22.3. The van der Waals surface area contributed by atoms with E-state index in [1.165, 1.54) is 24.3 Å².